The number of hydrogen-bond acceptors (Lipinski definition) is 2. The van der Waals surface area contributed by atoms with Crippen molar-refractivity contribution in [3.8, 4) is 0 Å². The fourth-order valence-corrected chi connectivity index (χ4v) is 2.14. The van der Waals surface area contributed by atoms with Gasteiger partial charge in [-0.15, -0.1) is 0 Å². The van der Waals surface area contributed by atoms with Crippen LogP contribution in [0.25, 0.3) is 0 Å². The lowest BCUT2D eigenvalue weighted by Gasteiger charge is -2.43. The van der Waals surface area contributed by atoms with Gasteiger partial charge in [0.2, 0.25) is 0 Å². The van der Waals surface area contributed by atoms with Crippen molar-refractivity contribution in [1.29, 1.82) is 0 Å². The van der Waals surface area contributed by atoms with Crippen LogP contribution in [0.3, 0.4) is 0 Å². The molecular formula is C13H27NO. The standard InChI is InChI=1S/C13H27NO/c1-12(2,3)14-9-7-8-11(10-14)15-13(4,5)6/h11H,7-10H2,1-6H3. The van der Waals surface area contributed by atoms with Gasteiger partial charge in [-0.3, -0.25) is 4.90 Å². The molecule has 1 unspecified atom stereocenters. The van der Waals surface area contributed by atoms with Crippen LogP contribution in [0.15, 0.2) is 0 Å². The SMILES string of the molecule is CC(C)(C)OC1CCCN(C(C)(C)C)C1. The first-order chi connectivity index (χ1) is 6.68. The van der Waals surface area contributed by atoms with E-state index in [-0.39, 0.29) is 11.1 Å². The van der Waals surface area contributed by atoms with Gasteiger partial charge in [-0.05, 0) is 60.9 Å². The second kappa shape index (κ2) is 4.42. The maximum absolute atomic E-state index is 6.06. The van der Waals surface area contributed by atoms with Crippen LogP contribution in [0.2, 0.25) is 0 Å². The van der Waals surface area contributed by atoms with Crippen LogP contribution in [0.4, 0.5) is 0 Å². The van der Waals surface area contributed by atoms with Gasteiger partial charge in [0.1, 0.15) is 0 Å². The van der Waals surface area contributed by atoms with Gasteiger partial charge in [0.15, 0.2) is 0 Å². The molecule has 0 aromatic rings. The van der Waals surface area contributed by atoms with E-state index in [2.05, 4.69) is 46.4 Å². The third-order valence-corrected chi connectivity index (χ3v) is 2.85. The smallest absolute Gasteiger partial charge is 0.0709 e. The fourth-order valence-electron chi connectivity index (χ4n) is 2.14. The molecule has 0 aromatic heterocycles. The third-order valence-electron chi connectivity index (χ3n) is 2.85. The minimum Gasteiger partial charge on any atom is -0.371 e. The molecule has 2 heteroatoms. The summed E-state index contributed by atoms with van der Waals surface area (Å²) in [4.78, 5) is 2.53. The minimum absolute atomic E-state index is 0.00837. The van der Waals surface area contributed by atoms with E-state index < -0.39 is 0 Å². The molecular weight excluding hydrogens is 186 g/mol. The molecule has 1 fully saturated rings. The third kappa shape index (κ3) is 4.52. The van der Waals surface area contributed by atoms with Crippen molar-refractivity contribution in [3.05, 3.63) is 0 Å². The maximum Gasteiger partial charge on any atom is 0.0709 e. The van der Waals surface area contributed by atoms with E-state index in [4.69, 9.17) is 4.74 Å². The molecule has 1 heterocycles. The van der Waals surface area contributed by atoms with Crippen molar-refractivity contribution in [3.63, 3.8) is 0 Å². The van der Waals surface area contributed by atoms with E-state index in [1.807, 2.05) is 0 Å². The van der Waals surface area contributed by atoms with Crippen LogP contribution in [0.1, 0.15) is 54.4 Å². The van der Waals surface area contributed by atoms with Crippen molar-refractivity contribution >= 4 is 0 Å². The number of nitrogens with zero attached hydrogens (tertiary/aromatic N) is 1. The Bertz CT molecular complexity index is 200. The van der Waals surface area contributed by atoms with Crippen molar-refractivity contribution in [2.45, 2.75) is 71.6 Å². The van der Waals surface area contributed by atoms with Gasteiger partial charge in [0.25, 0.3) is 0 Å². The number of ether oxygens (including phenoxy) is 1. The summed E-state index contributed by atoms with van der Waals surface area (Å²) in [6, 6.07) is 0. The molecule has 0 amide bonds. The Morgan fingerprint density at radius 1 is 1.07 bits per heavy atom. The van der Waals surface area contributed by atoms with E-state index in [1.165, 1.54) is 19.4 Å². The Kier molecular flexibility index (Phi) is 3.83. The topological polar surface area (TPSA) is 12.5 Å². The Labute approximate surface area is 95.0 Å². The summed E-state index contributed by atoms with van der Waals surface area (Å²) >= 11 is 0. The first-order valence-electron chi connectivity index (χ1n) is 6.11. The van der Waals surface area contributed by atoms with Crippen LogP contribution in [0.5, 0.6) is 0 Å². The second-order valence-electron chi connectivity index (χ2n) is 6.61. The number of hydrogen-bond donors (Lipinski definition) is 0. The van der Waals surface area contributed by atoms with E-state index in [9.17, 15) is 0 Å². The van der Waals surface area contributed by atoms with Gasteiger partial charge >= 0.3 is 0 Å². The summed E-state index contributed by atoms with van der Waals surface area (Å²) in [7, 11) is 0. The van der Waals surface area contributed by atoms with Crippen LogP contribution in [-0.4, -0.2) is 35.2 Å². The average molecular weight is 213 g/mol. The zero-order chi connectivity index (χ0) is 11.7. The molecule has 0 saturated carbocycles. The number of piperidine rings is 1. The van der Waals surface area contributed by atoms with Gasteiger partial charge in [-0.2, -0.15) is 0 Å². The normalized spacial score (nSPS) is 25.6. The number of rotatable bonds is 1. The highest BCUT2D eigenvalue weighted by Crippen LogP contribution is 2.24. The molecule has 1 rings (SSSR count). The van der Waals surface area contributed by atoms with Gasteiger partial charge in [-0.25, -0.2) is 0 Å². The molecule has 1 atom stereocenters. The highest BCUT2D eigenvalue weighted by molar-refractivity contribution is 4.83. The van der Waals surface area contributed by atoms with Crippen LogP contribution >= 0.6 is 0 Å². The Morgan fingerprint density at radius 3 is 2.13 bits per heavy atom. The van der Waals surface area contributed by atoms with Crippen molar-refractivity contribution < 1.29 is 4.74 Å². The van der Waals surface area contributed by atoms with Gasteiger partial charge in [0, 0.05) is 12.1 Å². The molecule has 0 spiro atoms. The van der Waals surface area contributed by atoms with E-state index in [0.717, 1.165) is 6.54 Å². The van der Waals surface area contributed by atoms with Gasteiger partial charge < -0.3 is 4.74 Å². The van der Waals surface area contributed by atoms with E-state index in [1.54, 1.807) is 0 Å². The molecule has 0 aliphatic carbocycles. The minimum atomic E-state index is -0.00837. The first-order valence-corrected chi connectivity index (χ1v) is 6.11. The zero-order valence-corrected chi connectivity index (χ0v) is 11.3. The summed E-state index contributed by atoms with van der Waals surface area (Å²) in [5, 5.41) is 0. The Morgan fingerprint density at radius 2 is 1.67 bits per heavy atom. The monoisotopic (exact) mass is 213 g/mol. The quantitative estimate of drug-likeness (QED) is 0.664. The molecule has 15 heavy (non-hydrogen) atoms. The highest BCUT2D eigenvalue weighted by atomic mass is 16.5. The molecule has 0 radical (unpaired) electrons. The molecule has 0 N–H and O–H groups in total. The van der Waals surface area contributed by atoms with Crippen molar-refractivity contribution in [2.75, 3.05) is 13.1 Å². The highest BCUT2D eigenvalue weighted by Gasteiger charge is 2.30. The Balaban J connectivity index is 2.50. The van der Waals surface area contributed by atoms with Crippen molar-refractivity contribution in [1.82, 2.24) is 4.90 Å². The molecule has 90 valence electrons. The lowest BCUT2D eigenvalue weighted by atomic mass is 9.99. The molecule has 0 bridgehead atoms. The lowest BCUT2D eigenvalue weighted by molar-refractivity contribution is -0.0973. The average Bonchev–Trinajstić information content (AvgIpc) is 1.99. The van der Waals surface area contributed by atoms with Crippen LogP contribution in [0, 0.1) is 0 Å². The molecule has 1 saturated heterocycles. The van der Waals surface area contributed by atoms with E-state index in [0.29, 0.717) is 6.10 Å². The maximum atomic E-state index is 6.06. The molecule has 2 nitrogen and oxygen atoms in total. The summed E-state index contributed by atoms with van der Waals surface area (Å²) in [5.41, 5.74) is 0.269. The van der Waals surface area contributed by atoms with Crippen LogP contribution < -0.4 is 0 Å². The van der Waals surface area contributed by atoms with Gasteiger partial charge in [0.05, 0.1) is 11.7 Å². The first kappa shape index (κ1) is 13.0. The van der Waals surface area contributed by atoms with Crippen LogP contribution in [-0.2, 0) is 4.74 Å². The largest absolute Gasteiger partial charge is 0.371 e. The number of likely N-dealkylation sites (tertiary alicyclic amines) is 1. The van der Waals surface area contributed by atoms with Gasteiger partial charge in [-0.1, -0.05) is 0 Å². The summed E-state index contributed by atoms with van der Waals surface area (Å²) in [6.45, 7) is 15.6. The molecule has 0 aromatic carbocycles. The molecule has 1 aliphatic rings. The second-order valence-corrected chi connectivity index (χ2v) is 6.61. The summed E-state index contributed by atoms with van der Waals surface area (Å²) in [5.74, 6) is 0. The lowest BCUT2D eigenvalue weighted by Crippen LogP contribution is -2.50. The summed E-state index contributed by atoms with van der Waals surface area (Å²) < 4.78 is 6.06. The molecule has 1 aliphatic heterocycles. The zero-order valence-electron chi connectivity index (χ0n) is 11.3. The Hall–Kier alpha value is -0.0800. The van der Waals surface area contributed by atoms with E-state index >= 15 is 0 Å². The predicted octanol–water partition coefficient (Wildman–Crippen LogP) is 3.06. The summed E-state index contributed by atoms with van der Waals surface area (Å²) in [6.07, 6.45) is 2.89. The predicted molar refractivity (Wildman–Crippen MR) is 65.2 cm³/mol. The van der Waals surface area contributed by atoms with Crippen molar-refractivity contribution in [2.24, 2.45) is 0 Å². The fraction of sp³-hybridized carbons (Fsp3) is 1.00.